The van der Waals surface area contributed by atoms with Gasteiger partial charge in [-0.3, -0.25) is 14.1 Å². The third-order valence-electron chi connectivity index (χ3n) is 4.64. The summed E-state index contributed by atoms with van der Waals surface area (Å²) in [6.45, 7) is 1.32. The van der Waals surface area contributed by atoms with E-state index < -0.39 is 22.5 Å². The lowest BCUT2D eigenvalue weighted by atomic mass is 10.2. The van der Waals surface area contributed by atoms with E-state index in [9.17, 15) is 13.2 Å². The first kappa shape index (κ1) is 23.7. The van der Waals surface area contributed by atoms with Gasteiger partial charge in [-0.15, -0.1) is 0 Å². The number of pyridine rings is 1. The Kier molecular flexibility index (Phi) is 7.62. The van der Waals surface area contributed by atoms with Gasteiger partial charge in [0.2, 0.25) is 0 Å². The minimum absolute atomic E-state index is 0.0321. The number of carbonyl (C=O) groups is 1. The van der Waals surface area contributed by atoms with Crippen LogP contribution in [0.15, 0.2) is 77.0 Å². The third-order valence-corrected chi connectivity index (χ3v) is 6.41. The van der Waals surface area contributed by atoms with Gasteiger partial charge in [0.05, 0.1) is 31.0 Å². The highest BCUT2D eigenvalue weighted by Crippen LogP contribution is 2.35. The number of hydrazone groups is 1. The van der Waals surface area contributed by atoms with Gasteiger partial charge in [-0.2, -0.15) is 5.10 Å². The van der Waals surface area contributed by atoms with Crippen molar-refractivity contribution in [3.63, 3.8) is 0 Å². The Hall–Kier alpha value is -3.92. The summed E-state index contributed by atoms with van der Waals surface area (Å²) in [6.07, 6.45) is 4.60. The molecule has 0 aliphatic heterocycles. The Bertz CT molecular complexity index is 1230. The van der Waals surface area contributed by atoms with Crippen molar-refractivity contribution in [2.24, 2.45) is 5.10 Å². The quantitative estimate of drug-likeness (QED) is 0.382. The molecule has 1 amide bonds. The molecule has 0 atom stereocenters. The van der Waals surface area contributed by atoms with Crippen LogP contribution >= 0.6 is 0 Å². The van der Waals surface area contributed by atoms with Crippen LogP contribution in [-0.4, -0.2) is 46.3 Å². The molecule has 3 rings (SSSR count). The van der Waals surface area contributed by atoms with Crippen molar-refractivity contribution < 1.29 is 22.7 Å². The molecule has 3 aromatic rings. The topological polar surface area (TPSA) is 110 Å². The molecule has 0 spiro atoms. The van der Waals surface area contributed by atoms with Crippen LogP contribution in [0.4, 0.5) is 5.69 Å². The molecule has 0 bridgehead atoms. The molecule has 0 saturated heterocycles. The largest absolute Gasteiger partial charge is 0.497 e. The van der Waals surface area contributed by atoms with Gasteiger partial charge in [0, 0.05) is 24.0 Å². The van der Waals surface area contributed by atoms with Gasteiger partial charge in [0.1, 0.15) is 18.0 Å². The fourth-order valence-electron chi connectivity index (χ4n) is 2.93. The number of rotatable bonds is 9. The SMILES string of the molecule is COc1ccc(OC)c(N(CC(=O)N/N=C\c2cccnc2)S(=O)(=O)c2ccc(C)cc2)c1. The maximum absolute atomic E-state index is 13.5. The molecular weight excluding hydrogens is 444 g/mol. The molecule has 0 aliphatic rings. The van der Waals surface area contributed by atoms with Crippen molar-refractivity contribution in [1.29, 1.82) is 0 Å². The molecule has 0 unspecified atom stereocenters. The van der Waals surface area contributed by atoms with E-state index in [0.717, 1.165) is 9.87 Å². The van der Waals surface area contributed by atoms with E-state index >= 15 is 0 Å². The van der Waals surface area contributed by atoms with Crippen LogP contribution in [0.1, 0.15) is 11.1 Å². The average molecular weight is 469 g/mol. The van der Waals surface area contributed by atoms with Crippen molar-refractivity contribution >= 4 is 27.8 Å². The number of aromatic nitrogens is 1. The van der Waals surface area contributed by atoms with Crippen molar-refractivity contribution in [3.8, 4) is 11.5 Å². The predicted molar refractivity (Wildman–Crippen MR) is 125 cm³/mol. The third kappa shape index (κ3) is 5.86. The first-order chi connectivity index (χ1) is 15.8. The molecule has 0 aliphatic carbocycles. The number of sulfonamides is 1. The second kappa shape index (κ2) is 10.6. The minimum atomic E-state index is -4.13. The van der Waals surface area contributed by atoms with Gasteiger partial charge in [0.25, 0.3) is 15.9 Å². The predicted octanol–water partition coefficient (Wildman–Crippen LogP) is 2.75. The van der Waals surface area contributed by atoms with E-state index in [1.807, 2.05) is 6.92 Å². The number of amides is 1. The van der Waals surface area contributed by atoms with Crippen molar-refractivity contribution in [2.45, 2.75) is 11.8 Å². The van der Waals surface area contributed by atoms with Crippen LogP contribution in [-0.2, 0) is 14.8 Å². The molecule has 1 aromatic heterocycles. The van der Waals surface area contributed by atoms with Crippen LogP contribution < -0.4 is 19.2 Å². The molecule has 0 saturated carbocycles. The van der Waals surface area contributed by atoms with E-state index in [1.165, 1.54) is 38.6 Å². The highest BCUT2D eigenvalue weighted by Gasteiger charge is 2.30. The monoisotopic (exact) mass is 468 g/mol. The normalized spacial score (nSPS) is 11.2. The van der Waals surface area contributed by atoms with Gasteiger partial charge < -0.3 is 9.47 Å². The molecule has 1 N–H and O–H groups in total. The number of ether oxygens (including phenoxy) is 2. The second-order valence-electron chi connectivity index (χ2n) is 6.94. The molecule has 0 radical (unpaired) electrons. The summed E-state index contributed by atoms with van der Waals surface area (Å²) >= 11 is 0. The van der Waals surface area contributed by atoms with Gasteiger partial charge >= 0.3 is 0 Å². The number of nitrogens with zero attached hydrogens (tertiary/aromatic N) is 3. The number of methoxy groups -OCH3 is 2. The lowest BCUT2D eigenvalue weighted by molar-refractivity contribution is -0.119. The Labute approximate surface area is 192 Å². The Morgan fingerprint density at radius 1 is 1.12 bits per heavy atom. The lowest BCUT2D eigenvalue weighted by Gasteiger charge is -2.25. The van der Waals surface area contributed by atoms with E-state index in [0.29, 0.717) is 11.3 Å². The fraction of sp³-hybridized carbons (Fsp3) is 0.174. The number of anilines is 1. The van der Waals surface area contributed by atoms with Crippen molar-refractivity contribution in [2.75, 3.05) is 25.1 Å². The number of nitrogens with one attached hydrogen (secondary N) is 1. The molecular formula is C23H24N4O5S. The number of aryl methyl sites for hydroxylation is 1. The summed E-state index contributed by atoms with van der Waals surface area (Å²) in [7, 11) is -1.25. The first-order valence-corrected chi connectivity index (χ1v) is 11.3. The first-order valence-electron chi connectivity index (χ1n) is 9.88. The summed E-state index contributed by atoms with van der Waals surface area (Å²) in [5.74, 6) is 0.0266. The van der Waals surface area contributed by atoms with Crippen LogP contribution in [0.3, 0.4) is 0 Å². The van der Waals surface area contributed by atoms with Crippen molar-refractivity contribution in [1.82, 2.24) is 10.4 Å². The van der Waals surface area contributed by atoms with E-state index in [4.69, 9.17) is 9.47 Å². The number of carbonyl (C=O) groups excluding carboxylic acids is 1. The molecule has 172 valence electrons. The molecule has 1 heterocycles. The molecule has 2 aromatic carbocycles. The molecule has 0 fully saturated rings. The van der Waals surface area contributed by atoms with Crippen LogP contribution in [0.2, 0.25) is 0 Å². The average Bonchev–Trinajstić information content (AvgIpc) is 2.83. The molecule has 33 heavy (non-hydrogen) atoms. The van der Waals surface area contributed by atoms with Crippen LogP contribution in [0.25, 0.3) is 0 Å². The van der Waals surface area contributed by atoms with Gasteiger partial charge in [-0.05, 0) is 37.3 Å². The minimum Gasteiger partial charge on any atom is -0.497 e. The smallest absolute Gasteiger partial charge is 0.264 e. The highest BCUT2D eigenvalue weighted by atomic mass is 32.2. The fourth-order valence-corrected chi connectivity index (χ4v) is 4.35. The van der Waals surface area contributed by atoms with E-state index in [2.05, 4.69) is 15.5 Å². The zero-order valence-electron chi connectivity index (χ0n) is 18.4. The van der Waals surface area contributed by atoms with Gasteiger partial charge in [-0.25, -0.2) is 13.8 Å². The zero-order chi connectivity index (χ0) is 23.8. The maximum atomic E-state index is 13.5. The summed E-state index contributed by atoms with van der Waals surface area (Å²) in [4.78, 5) is 16.7. The highest BCUT2D eigenvalue weighted by molar-refractivity contribution is 7.92. The van der Waals surface area contributed by atoms with E-state index in [1.54, 1.807) is 48.8 Å². The number of hydrogen-bond donors (Lipinski definition) is 1. The molecule has 9 nitrogen and oxygen atoms in total. The number of hydrogen-bond acceptors (Lipinski definition) is 7. The van der Waals surface area contributed by atoms with Gasteiger partial charge in [-0.1, -0.05) is 23.8 Å². The maximum Gasteiger partial charge on any atom is 0.264 e. The Balaban J connectivity index is 1.96. The van der Waals surface area contributed by atoms with Crippen LogP contribution in [0.5, 0.6) is 11.5 Å². The standard InChI is InChI=1S/C23H24N4O5S/c1-17-6-9-20(10-7-17)33(29,30)27(21-13-19(31-2)8-11-22(21)32-3)16-23(28)26-25-15-18-5-4-12-24-14-18/h4-15H,16H2,1-3H3,(H,26,28)/b25-15-. The Morgan fingerprint density at radius 3 is 2.52 bits per heavy atom. The zero-order valence-corrected chi connectivity index (χ0v) is 19.2. The second-order valence-corrected chi connectivity index (χ2v) is 8.80. The van der Waals surface area contributed by atoms with Gasteiger partial charge in [0.15, 0.2) is 0 Å². The number of benzene rings is 2. The van der Waals surface area contributed by atoms with E-state index in [-0.39, 0.29) is 16.3 Å². The summed E-state index contributed by atoms with van der Waals surface area (Å²) in [6, 6.07) is 14.5. The summed E-state index contributed by atoms with van der Waals surface area (Å²) in [5.41, 5.74) is 4.09. The summed E-state index contributed by atoms with van der Waals surface area (Å²) < 4.78 is 38.7. The van der Waals surface area contributed by atoms with Crippen LogP contribution in [0, 0.1) is 6.92 Å². The van der Waals surface area contributed by atoms with Crippen molar-refractivity contribution in [3.05, 3.63) is 78.1 Å². The summed E-state index contributed by atoms with van der Waals surface area (Å²) in [5, 5.41) is 3.89. The Morgan fingerprint density at radius 2 is 1.88 bits per heavy atom. The lowest BCUT2D eigenvalue weighted by Crippen LogP contribution is -2.39. The molecule has 10 heteroatoms.